The molecule has 0 bridgehead atoms. The Morgan fingerprint density at radius 3 is 2.50 bits per heavy atom. The molecule has 1 rings (SSSR count). The van der Waals surface area contributed by atoms with Crippen LogP contribution >= 0.6 is 23.2 Å². The molecule has 0 fully saturated rings. The highest BCUT2D eigenvalue weighted by molar-refractivity contribution is 6.42. The standard InChI is InChI=1S/C12H14Cl2N2O4/c1-3-15(5-4-12(17)20-2)10-6-8(13)9(14)7-11(10)16(18)19/h6-7H,3-5H2,1-2H3. The average molecular weight is 321 g/mol. The van der Waals surface area contributed by atoms with Gasteiger partial charge in [0.25, 0.3) is 5.69 Å². The lowest BCUT2D eigenvalue weighted by Crippen LogP contribution is -2.26. The Hall–Kier alpha value is -1.53. The number of nitro benzene ring substituents is 1. The van der Waals surface area contributed by atoms with Gasteiger partial charge < -0.3 is 9.64 Å². The van der Waals surface area contributed by atoms with Gasteiger partial charge in [-0.3, -0.25) is 14.9 Å². The summed E-state index contributed by atoms with van der Waals surface area (Å²) in [6.45, 7) is 2.60. The molecule has 0 aliphatic heterocycles. The van der Waals surface area contributed by atoms with Crippen molar-refractivity contribution in [1.82, 2.24) is 0 Å². The number of hydrogen-bond acceptors (Lipinski definition) is 5. The van der Waals surface area contributed by atoms with Crippen molar-refractivity contribution in [2.45, 2.75) is 13.3 Å². The van der Waals surface area contributed by atoms with E-state index in [2.05, 4.69) is 4.74 Å². The third kappa shape index (κ3) is 3.98. The molecule has 0 N–H and O–H groups in total. The van der Waals surface area contributed by atoms with E-state index in [1.165, 1.54) is 19.2 Å². The minimum absolute atomic E-state index is 0.117. The van der Waals surface area contributed by atoms with E-state index < -0.39 is 4.92 Å². The van der Waals surface area contributed by atoms with E-state index in [1.54, 1.807) is 4.90 Å². The third-order valence-electron chi connectivity index (χ3n) is 2.75. The van der Waals surface area contributed by atoms with Gasteiger partial charge in [0.15, 0.2) is 0 Å². The van der Waals surface area contributed by atoms with E-state index in [4.69, 9.17) is 23.2 Å². The van der Waals surface area contributed by atoms with Gasteiger partial charge in [-0.1, -0.05) is 23.2 Å². The zero-order chi connectivity index (χ0) is 15.3. The lowest BCUT2D eigenvalue weighted by Gasteiger charge is -2.22. The van der Waals surface area contributed by atoms with Crippen LogP contribution in [0.5, 0.6) is 0 Å². The molecule has 0 aliphatic carbocycles. The largest absolute Gasteiger partial charge is 0.469 e. The fourth-order valence-electron chi connectivity index (χ4n) is 1.70. The number of carbonyl (C=O) groups excluding carboxylic acids is 1. The lowest BCUT2D eigenvalue weighted by molar-refractivity contribution is -0.384. The first kappa shape index (κ1) is 16.5. The van der Waals surface area contributed by atoms with Crippen LogP contribution in [0.4, 0.5) is 11.4 Å². The summed E-state index contributed by atoms with van der Waals surface area (Å²) in [5.41, 5.74) is 0.182. The number of benzene rings is 1. The van der Waals surface area contributed by atoms with Gasteiger partial charge in [0.1, 0.15) is 5.69 Å². The van der Waals surface area contributed by atoms with Crippen molar-refractivity contribution in [3.05, 3.63) is 32.3 Å². The molecule has 20 heavy (non-hydrogen) atoms. The molecule has 110 valence electrons. The molecule has 8 heteroatoms. The number of rotatable bonds is 6. The zero-order valence-electron chi connectivity index (χ0n) is 11.1. The van der Waals surface area contributed by atoms with E-state index in [1.807, 2.05) is 6.92 Å². The van der Waals surface area contributed by atoms with Crippen LogP contribution in [0, 0.1) is 10.1 Å². The summed E-state index contributed by atoms with van der Waals surface area (Å²) in [6, 6.07) is 2.64. The summed E-state index contributed by atoms with van der Waals surface area (Å²) >= 11 is 11.7. The second kappa shape index (κ2) is 7.31. The number of methoxy groups -OCH3 is 1. The van der Waals surface area contributed by atoms with Gasteiger partial charge in [-0.05, 0) is 13.0 Å². The fraction of sp³-hybridized carbons (Fsp3) is 0.417. The fourth-order valence-corrected chi connectivity index (χ4v) is 2.02. The van der Waals surface area contributed by atoms with Crippen molar-refractivity contribution in [1.29, 1.82) is 0 Å². The summed E-state index contributed by atoms with van der Waals surface area (Å²) in [5, 5.41) is 11.4. The third-order valence-corrected chi connectivity index (χ3v) is 3.47. The van der Waals surface area contributed by atoms with Crippen molar-refractivity contribution in [3.8, 4) is 0 Å². The van der Waals surface area contributed by atoms with Crippen LogP contribution in [0.1, 0.15) is 13.3 Å². The topological polar surface area (TPSA) is 72.7 Å². The van der Waals surface area contributed by atoms with Gasteiger partial charge in [-0.2, -0.15) is 0 Å². The van der Waals surface area contributed by atoms with E-state index in [-0.39, 0.29) is 28.1 Å². The smallest absolute Gasteiger partial charge is 0.307 e. The zero-order valence-corrected chi connectivity index (χ0v) is 12.6. The van der Waals surface area contributed by atoms with Crippen molar-refractivity contribution >= 4 is 40.5 Å². The Morgan fingerprint density at radius 1 is 1.40 bits per heavy atom. The Bertz CT molecular complexity index is 522. The molecular weight excluding hydrogens is 307 g/mol. The van der Waals surface area contributed by atoms with Crippen LogP contribution in [0.3, 0.4) is 0 Å². The molecule has 0 aromatic heterocycles. The van der Waals surface area contributed by atoms with Gasteiger partial charge in [0, 0.05) is 19.2 Å². The number of nitro groups is 1. The first-order valence-corrected chi connectivity index (χ1v) is 6.61. The normalized spacial score (nSPS) is 10.2. The van der Waals surface area contributed by atoms with Crippen molar-refractivity contribution in [2.24, 2.45) is 0 Å². The maximum absolute atomic E-state index is 11.2. The molecule has 0 radical (unpaired) electrons. The summed E-state index contributed by atoms with van der Waals surface area (Å²) in [4.78, 5) is 23.4. The highest BCUT2D eigenvalue weighted by Crippen LogP contribution is 2.36. The molecule has 0 aliphatic rings. The summed E-state index contributed by atoms with van der Waals surface area (Å²) in [5.74, 6) is -0.383. The minimum atomic E-state index is -0.529. The number of carbonyl (C=O) groups is 1. The molecule has 0 heterocycles. The molecule has 1 aromatic rings. The summed E-state index contributed by atoms with van der Waals surface area (Å²) in [7, 11) is 1.29. The van der Waals surface area contributed by atoms with Gasteiger partial charge >= 0.3 is 5.97 Å². The maximum atomic E-state index is 11.2. The van der Waals surface area contributed by atoms with Gasteiger partial charge in [0.05, 0.1) is 28.5 Å². The molecule has 0 atom stereocenters. The van der Waals surface area contributed by atoms with Crippen LogP contribution in [0.25, 0.3) is 0 Å². The first-order valence-electron chi connectivity index (χ1n) is 5.85. The maximum Gasteiger partial charge on any atom is 0.307 e. The van der Waals surface area contributed by atoms with Crippen LogP contribution in [-0.4, -0.2) is 31.1 Å². The molecule has 0 spiro atoms. The van der Waals surface area contributed by atoms with E-state index in [0.717, 1.165) is 0 Å². The Morgan fingerprint density at radius 2 is 2.00 bits per heavy atom. The second-order valence-electron chi connectivity index (χ2n) is 3.92. The van der Waals surface area contributed by atoms with Crippen molar-refractivity contribution in [2.75, 3.05) is 25.1 Å². The lowest BCUT2D eigenvalue weighted by atomic mass is 10.2. The van der Waals surface area contributed by atoms with Gasteiger partial charge in [0.2, 0.25) is 0 Å². The number of hydrogen-bond donors (Lipinski definition) is 0. The van der Waals surface area contributed by atoms with Crippen LogP contribution in [-0.2, 0) is 9.53 Å². The number of nitrogens with zero attached hydrogens (tertiary/aromatic N) is 2. The van der Waals surface area contributed by atoms with Crippen LogP contribution in [0.2, 0.25) is 10.0 Å². The monoisotopic (exact) mass is 320 g/mol. The molecule has 0 amide bonds. The number of halogens is 2. The van der Waals surface area contributed by atoms with Gasteiger partial charge in [-0.15, -0.1) is 0 Å². The minimum Gasteiger partial charge on any atom is -0.469 e. The van der Waals surface area contributed by atoms with Crippen LogP contribution in [0.15, 0.2) is 12.1 Å². The Kier molecular flexibility index (Phi) is 6.04. The Labute approximate surface area is 126 Å². The SMILES string of the molecule is CCN(CCC(=O)OC)c1cc(Cl)c(Cl)cc1[N+](=O)[O-]. The van der Waals surface area contributed by atoms with Crippen LogP contribution < -0.4 is 4.90 Å². The molecule has 0 saturated heterocycles. The number of ether oxygens (including phenoxy) is 1. The van der Waals surface area contributed by atoms with E-state index in [9.17, 15) is 14.9 Å². The quantitative estimate of drug-likeness (QED) is 0.457. The molecule has 0 saturated carbocycles. The van der Waals surface area contributed by atoms with E-state index >= 15 is 0 Å². The first-order chi connectivity index (χ1) is 9.40. The molecule has 0 unspecified atom stereocenters. The summed E-state index contributed by atoms with van der Waals surface area (Å²) in [6.07, 6.45) is 0.127. The highest BCUT2D eigenvalue weighted by Gasteiger charge is 2.21. The highest BCUT2D eigenvalue weighted by atomic mass is 35.5. The molecule has 1 aromatic carbocycles. The predicted molar refractivity (Wildman–Crippen MR) is 77.6 cm³/mol. The van der Waals surface area contributed by atoms with Crippen molar-refractivity contribution in [3.63, 3.8) is 0 Å². The number of esters is 1. The average Bonchev–Trinajstić information content (AvgIpc) is 2.42. The second-order valence-corrected chi connectivity index (χ2v) is 4.73. The number of anilines is 1. The molecular formula is C12H14Cl2N2O4. The predicted octanol–water partition coefficient (Wildman–Crippen LogP) is 3.29. The Balaban J connectivity index is 3.10. The van der Waals surface area contributed by atoms with Crippen molar-refractivity contribution < 1.29 is 14.5 Å². The van der Waals surface area contributed by atoms with Gasteiger partial charge in [-0.25, -0.2) is 0 Å². The molecule has 6 nitrogen and oxygen atoms in total. The summed E-state index contributed by atoms with van der Waals surface area (Å²) < 4.78 is 4.55. The van der Waals surface area contributed by atoms with E-state index in [0.29, 0.717) is 18.8 Å².